The summed E-state index contributed by atoms with van der Waals surface area (Å²) in [7, 11) is 1.86. The summed E-state index contributed by atoms with van der Waals surface area (Å²) in [5, 5.41) is 3.04. The van der Waals surface area contributed by atoms with Crippen LogP contribution in [-0.4, -0.2) is 12.0 Å². The van der Waals surface area contributed by atoms with Crippen molar-refractivity contribution in [3.8, 4) is 5.75 Å². The van der Waals surface area contributed by atoms with E-state index in [9.17, 15) is 4.39 Å². The van der Waals surface area contributed by atoms with Crippen molar-refractivity contribution in [2.24, 2.45) is 0 Å². The third-order valence-electron chi connectivity index (χ3n) is 2.77. The van der Waals surface area contributed by atoms with E-state index in [0.717, 1.165) is 11.3 Å². The molecule has 1 aromatic carbocycles. The fraction of sp³-hybridized carbons (Fsp3) is 0.267. The maximum atomic E-state index is 13.7. The highest BCUT2D eigenvalue weighted by Gasteiger charge is 2.05. The number of ether oxygens (including phenoxy) is 1. The minimum atomic E-state index is -0.250. The lowest BCUT2D eigenvalue weighted by Gasteiger charge is -2.09. The minimum absolute atomic E-state index is 0.203. The lowest BCUT2D eigenvalue weighted by atomic mass is 10.1. The van der Waals surface area contributed by atoms with Crippen LogP contribution in [0.15, 0.2) is 36.5 Å². The molecule has 0 aliphatic carbocycles. The van der Waals surface area contributed by atoms with E-state index >= 15 is 0 Å². The van der Waals surface area contributed by atoms with Crippen molar-refractivity contribution in [1.82, 2.24) is 10.3 Å². The number of nitrogens with one attached hydrogen (secondary N) is 1. The highest BCUT2D eigenvalue weighted by Crippen LogP contribution is 2.15. The summed E-state index contributed by atoms with van der Waals surface area (Å²) >= 11 is 0. The Bertz CT molecular complexity index is 540. The molecule has 0 amide bonds. The molecule has 0 aliphatic rings. The predicted octanol–water partition coefficient (Wildman–Crippen LogP) is 2.83. The molecule has 0 saturated heterocycles. The van der Waals surface area contributed by atoms with Crippen LogP contribution in [0.25, 0.3) is 0 Å². The third-order valence-corrected chi connectivity index (χ3v) is 2.77. The number of pyridine rings is 1. The first-order valence-electron chi connectivity index (χ1n) is 6.16. The van der Waals surface area contributed by atoms with Crippen molar-refractivity contribution in [3.05, 3.63) is 59.2 Å². The summed E-state index contributed by atoms with van der Waals surface area (Å²) < 4.78 is 19.2. The zero-order valence-electron chi connectivity index (χ0n) is 11.1. The third kappa shape index (κ3) is 3.76. The van der Waals surface area contributed by atoms with Crippen molar-refractivity contribution in [1.29, 1.82) is 0 Å². The second-order valence-electron chi connectivity index (χ2n) is 4.38. The molecule has 0 saturated carbocycles. The van der Waals surface area contributed by atoms with Gasteiger partial charge in [0.1, 0.15) is 18.2 Å². The van der Waals surface area contributed by atoms with Gasteiger partial charge >= 0.3 is 0 Å². The van der Waals surface area contributed by atoms with Gasteiger partial charge in [0, 0.05) is 17.8 Å². The lowest BCUT2D eigenvalue weighted by Crippen LogP contribution is -2.07. The average molecular weight is 260 g/mol. The van der Waals surface area contributed by atoms with E-state index in [0.29, 0.717) is 17.9 Å². The summed E-state index contributed by atoms with van der Waals surface area (Å²) in [4.78, 5) is 4.13. The topological polar surface area (TPSA) is 34.1 Å². The minimum Gasteiger partial charge on any atom is -0.487 e. The Morgan fingerprint density at radius 1 is 1.26 bits per heavy atom. The molecule has 1 aromatic heterocycles. The molecule has 0 unspecified atom stereocenters. The summed E-state index contributed by atoms with van der Waals surface area (Å²) in [5.41, 5.74) is 2.51. The number of rotatable bonds is 5. The smallest absolute Gasteiger partial charge is 0.138 e. The molecule has 1 heterocycles. The van der Waals surface area contributed by atoms with E-state index < -0.39 is 0 Å². The van der Waals surface area contributed by atoms with E-state index in [4.69, 9.17) is 4.74 Å². The van der Waals surface area contributed by atoms with Gasteiger partial charge in [-0.2, -0.15) is 0 Å². The normalized spacial score (nSPS) is 10.5. The Balaban J connectivity index is 2.05. The van der Waals surface area contributed by atoms with Gasteiger partial charge in [-0.3, -0.25) is 4.98 Å². The van der Waals surface area contributed by atoms with E-state index in [1.807, 2.05) is 32.2 Å². The molecular formula is C15H17FN2O. The molecule has 0 aliphatic heterocycles. The van der Waals surface area contributed by atoms with Crippen LogP contribution in [0.2, 0.25) is 0 Å². The van der Waals surface area contributed by atoms with Crippen LogP contribution in [0, 0.1) is 12.7 Å². The predicted molar refractivity (Wildman–Crippen MR) is 72.5 cm³/mol. The molecular weight excluding hydrogens is 243 g/mol. The molecule has 2 aromatic rings. The van der Waals surface area contributed by atoms with Crippen LogP contribution >= 0.6 is 0 Å². The molecule has 1 N–H and O–H groups in total. The number of hydrogen-bond donors (Lipinski definition) is 1. The molecule has 0 radical (unpaired) electrons. The fourth-order valence-electron chi connectivity index (χ4n) is 1.75. The van der Waals surface area contributed by atoms with Gasteiger partial charge in [0.25, 0.3) is 0 Å². The van der Waals surface area contributed by atoms with Crippen LogP contribution in [0.5, 0.6) is 5.75 Å². The van der Waals surface area contributed by atoms with Crippen LogP contribution in [0.1, 0.15) is 16.8 Å². The second kappa shape index (κ2) is 6.29. The lowest BCUT2D eigenvalue weighted by molar-refractivity contribution is 0.298. The first-order valence-corrected chi connectivity index (χ1v) is 6.16. The van der Waals surface area contributed by atoms with Crippen LogP contribution in [0.4, 0.5) is 4.39 Å². The Labute approximate surface area is 112 Å². The Morgan fingerprint density at radius 2 is 2.11 bits per heavy atom. The van der Waals surface area contributed by atoms with Gasteiger partial charge in [-0.1, -0.05) is 6.07 Å². The number of aryl methyl sites for hydroxylation is 1. The van der Waals surface area contributed by atoms with Gasteiger partial charge in [-0.15, -0.1) is 0 Å². The largest absolute Gasteiger partial charge is 0.487 e. The highest BCUT2D eigenvalue weighted by atomic mass is 19.1. The number of aromatic nitrogens is 1. The average Bonchev–Trinajstić information content (AvgIpc) is 2.41. The number of nitrogens with zero attached hydrogens (tertiary/aromatic N) is 1. The second-order valence-corrected chi connectivity index (χ2v) is 4.38. The molecule has 0 spiro atoms. The summed E-state index contributed by atoms with van der Waals surface area (Å²) in [6.07, 6.45) is 1.64. The SMILES string of the molecule is CNCc1ccc(F)c(COc2ccc(C)nc2)c1. The van der Waals surface area contributed by atoms with Crippen molar-refractivity contribution in [2.75, 3.05) is 7.05 Å². The molecule has 0 bridgehead atoms. The molecule has 100 valence electrons. The Kier molecular flexibility index (Phi) is 4.47. The number of hydrogen-bond acceptors (Lipinski definition) is 3. The summed E-state index contributed by atoms with van der Waals surface area (Å²) in [6.45, 7) is 2.82. The van der Waals surface area contributed by atoms with Crippen LogP contribution in [-0.2, 0) is 13.2 Å². The van der Waals surface area contributed by atoms with E-state index in [-0.39, 0.29) is 12.4 Å². The summed E-state index contributed by atoms with van der Waals surface area (Å²) in [5.74, 6) is 0.393. The van der Waals surface area contributed by atoms with E-state index in [2.05, 4.69) is 10.3 Å². The zero-order valence-corrected chi connectivity index (χ0v) is 11.1. The fourth-order valence-corrected chi connectivity index (χ4v) is 1.75. The molecule has 2 rings (SSSR count). The first-order chi connectivity index (χ1) is 9.19. The van der Waals surface area contributed by atoms with Gasteiger partial charge in [0.15, 0.2) is 0 Å². The first kappa shape index (κ1) is 13.5. The van der Waals surface area contributed by atoms with Gasteiger partial charge in [0.2, 0.25) is 0 Å². The van der Waals surface area contributed by atoms with Crippen LogP contribution in [0.3, 0.4) is 0 Å². The van der Waals surface area contributed by atoms with Crippen molar-refractivity contribution < 1.29 is 9.13 Å². The molecule has 3 nitrogen and oxygen atoms in total. The Morgan fingerprint density at radius 3 is 2.79 bits per heavy atom. The van der Waals surface area contributed by atoms with Crippen LogP contribution < -0.4 is 10.1 Å². The van der Waals surface area contributed by atoms with Crippen molar-refractivity contribution in [3.63, 3.8) is 0 Å². The van der Waals surface area contributed by atoms with Gasteiger partial charge in [-0.05, 0) is 43.8 Å². The number of halogens is 1. The molecule has 0 fully saturated rings. The quantitative estimate of drug-likeness (QED) is 0.897. The molecule has 19 heavy (non-hydrogen) atoms. The zero-order chi connectivity index (χ0) is 13.7. The molecule has 0 atom stereocenters. The van der Waals surface area contributed by atoms with Gasteiger partial charge in [-0.25, -0.2) is 4.39 Å². The highest BCUT2D eigenvalue weighted by molar-refractivity contribution is 5.26. The van der Waals surface area contributed by atoms with E-state index in [1.165, 1.54) is 6.07 Å². The van der Waals surface area contributed by atoms with E-state index in [1.54, 1.807) is 12.3 Å². The van der Waals surface area contributed by atoms with Crippen molar-refractivity contribution in [2.45, 2.75) is 20.1 Å². The van der Waals surface area contributed by atoms with Gasteiger partial charge in [0.05, 0.1) is 6.20 Å². The Hall–Kier alpha value is -1.94. The van der Waals surface area contributed by atoms with Gasteiger partial charge < -0.3 is 10.1 Å². The maximum Gasteiger partial charge on any atom is 0.138 e. The standard InChI is InChI=1S/C15H17FN2O/c1-11-3-5-14(9-18-11)19-10-13-7-12(8-17-2)4-6-15(13)16/h3-7,9,17H,8,10H2,1-2H3. The van der Waals surface area contributed by atoms with Crippen molar-refractivity contribution >= 4 is 0 Å². The molecule has 4 heteroatoms. The monoisotopic (exact) mass is 260 g/mol. The number of benzene rings is 1. The summed E-state index contributed by atoms with van der Waals surface area (Å²) in [6, 6.07) is 8.75. The maximum absolute atomic E-state index is 13.7.